The number of amides is 2. The van der Waals surface area contributed by atoms with Gasteiger partial charge in [-0.25, -0.2) is 4.79 Å². The van der Waals surface area contributed by atoms with Crippen molar-refractivity contribution in [3.63, 3.8) is 0 Å². The predicted molar refractivity (Wildman–Crippen MR) is 102 cm³/mol. The van der Waals surface area contributed by atoms with Crippen LogP contribution < -0.4 is 10.2 Å². The summed E-state index contributed by atoms with van der Waals surface area (Å²) in [5.41, 5.74) is 0.389. The molecule has 1 aliphatic rings. The van der Waals surface area contributed by atoms with Crippen LogP contribution in [0.1, 0.15) is 20.8 Å². The predicted octanol–water partition coefficient (Wildman–Crippen LogP) is 1.61. The minimum Gasteiger partial charge on any atom is -0.389 e. The van der Waals surface area contributed by atoms with Crippen LogP contribution in [0, 0.1) is 0 Å². The van der Waals surface area contributed by atoms with Gasteiger partial charge in [-0.15, -0.1) is 0 Å². The number of hydrogen-bond acceptors (Lipinski definition) is 4. The molecule has 0 spiro atoms. The van der Waals surface area contributed by atoms with Gasteiger partial charge in [-0.2, -0.15) is 0 Å². The zero-order valence-corrected chi connectivity index (χ0v) is 15.9. The fourth-order valence-corrected chi connectivity index (χ4v) is 3.23. The van der Waals surface area contributed by atoms with Crippen molar-refractivity contribution in [2.75, 3.05) is 51.2 Å². The molecule has 1 atom stereocenters. The average molecular weight is 348 g/mol. The molecule has 0 saturated carbocycles. The number of aliphatic hydroxyl groups is 1. The number of carbonyl (C=O) groups excluding carboxylic acids is 1. The van der Waals surface area contributed by atoms with Crippen molar-refractivity contribution >= 4 is 11.7 Å². The van der Waals surface area contributed by atoms with E-state index in [1.165, 1.54) is 10.6 Å². The summed E-state index contributed by atoms with van der Waals surface area (Å²) in [5.74, 6) is 0. The number of anilines is 1. The van der Waals surface area contributed by atoms with Crippen LogP contribution in [-0.2, 0) is 0 Å². The number of piperazine rings is 1. The fourth-order valence-electron chi connectivity index (χ4n) is 3.23. The van der Waals surface area contributed by atoms with Gasteiger partial charge in [-0.3, -0.25) is 4.90 Å². The molecule has 6 nitrogen and oxygen atoms in total. The third-order valence-corrected chi connectivity index (χ3v) is 4.37. The molecular weight excluding hydrogens is 316 g/mol. The number of benzene rings is 1. The SMILES string of the molecule is CC(CN1CCN(c2ccccc2)CC1)NC(=O)N(C)CC(C)(C)O. The molecule has 1 unspecified atom stereocenters. The Balaban J connectivity index is 1.73. The van der Waals surface area contributed by atoms with E-state index in [2.05, 4.69) is 39.4 Å². The molecule has 1 saturated heterocycles. The highest BCUT2D eigenvalue weighted by molar-refractivity contribution is 5.74. The normalized spacial score (nSPS) is 17.2. The summed E-state index contributed by atoms with van der Waals surface area (Å²) in [7, 11) is 1.71. The first-order valence-corrected chi connectivity index (χ1v) is 9.01. The van der Waals surface area contributed by atoms with Crippen molar-refractivity contribution in [3.05, 3.63) is 30.3 Å². The molecule has 25 heavy (non-hydrogen) atoms. The molecule has 2 rings (SSSR count). The molecule has 0 radical (unpaired) electrons. The number of hydrogen-bond donors (Lipinski definition) is 2. The fraction of sp³-hybridized carbons (Fsp3) is 0.632. The minimum absolute atomic E-state index is 0.0695. The van der Waals surface area contributed by atoms with Crippen LogP contribution in [0.15, 0.2) is 30.3 Å². The Hall–Kier alpha value is -1.79. The highest BCUT2D eigenvalue weighted by Gasteiger charge is 2.22. The second-order valence-electron chi connectivity index (χ2n) is 7.64. The lowest BCUT2D eigenvalue weighted by atomic mass is 10.1. The third-order valence-electron chi connectivity index (χ3n) is 4.37. The Labute approximate surface area is 151 Å². The number of para-hydroxylation sites is 1. The largest absolute Gasteiger partial charge is 0.389 e. The van der Waals surface area contributed by atoms with E-state index in [-0.39, 0.29) is 12.1 Å². The highest BCUT2D eigenvalue weighted by Crippen LogP contribution is 2.15. The second kappa shape index (κ2) is 8.54. The summed E-state index contributed by atoms with van der Waals surface area (Å²) in [6, 6.07) is 10.4. The first-order chi connectivity index (χ1) is 11.7. The zero-order valence-electron chi connectivity index (χ0n) is 15.9. The molecule has 2 N–H and O–H groups in total. The van der Waals surface area contributed by atoms with E-state index in [0.29, 0.717) is 6.54 Å². The van der Waals surface area contributed by atoms with Crippen molar-refractivity contribution in [1.82, 2.24) is 15.1 Å². The number of rotatable bonds is 6. The van der Waals surface area contributed by atoms with Crippen molar-refractivity contribution in [3.8, 4) is 0 Å². The standard InChI is InChI=1S/C19H32N4O2/c1-16(20-18(24)21(4)15-19(2,3)25)14-22-10-12-23(13-11-22)17-8-6-5-7-9-17/h5-9,16,25H,10-15H2,1-4H3,(H,20,24). The van der Waals surface area contributed by atoms with Gasteiger partial charge in [0.2, 0.25) is 0 Å². The molecule has 1 aromatic rings. The van der Waals surface area contributed by atoms with E-state index in [4.69, 9.17) is 0 Å². The molecule has 6 heteroatoms. The van der Waals surface area contributed by atoms with E-state index in [1.807, 2.05) is 13.0 Å². The first kappa shape index (κ1) is 19.5. The molecule has 1 aromatic carbocycles. The molecule has 0 aromatic heterocycles. The van der Waals surface area contributed by atoms with Gasteiger partial charge < -0.3 is 20.2 Å². The molecule has 0 bridgehead atoms. The summed E-state index contributed by atoms with van der Waals surface area (Å²) in [6.45, 7) is 10.6. The van der Waals surface area contributed by atoms with Gasteiger partial charge in [0.1, 0.15) is 0 Å². The van der Waals surface area contributed by atoms with Gasteiger partial charge >= 0.3 is 6.03 Å². The van der Waals surface area contributed by atoms with E-state index < -0.39 is 5.60 Å². The Kier molecular flexibility index (Phi) is 6.67. The number of likely N-dealkylation sites (N-methyl/N-ethyl adjacent to an activating group) is 1. The van der Waals surface area contributed by atoms with Gasteiger partial charge in [0.25, 0.3) is 0 Å². The maximum absolute atomic E-state index is 12.2. The quantitative estimate of drug-likeness (QED) is 0.820. The molecular formula is C19H32N4O2. The molecule has 1 fully saturated rings. The summed E-state index contributed by atoms with van der Waals surface area (Å²) in [6.07, 6.45) is 0. The van der Waals surface area contributed by atoms with E-state index >= 15 is 0 Å². The maximum atomic E-state index is 12.2. The van der Waals surface area contributed by atoms with Crippen molar-refractivity contribution in [2.24, 2.45) is 0 Å². The van der Waals surface area contributed by atoms with Crippen molar-refractivity contribution < 1.29 is 9.90 Å². The Morgan fingerprint density at radius 3 is 2.40 bits per heavy atom. The third kappa shape index (κ3) is 6.55. The van der Waals surface area contributed by atoms with Crippen LogP contribution >= 0.6 is 0 Å². The van der Waals surface area contributed by atoms with Gasteiger partial charge in [-0.1, -0.05) is 18.2 Å². The molecule has 140 valence electrons. The first-order valence-electron chi connectivity index (χ1n) is 9.01. The van der Waals surface area contributed by atoms with E-state index in [1.54, 1.807) is 20.9 Å². The number of nitrogens with zero attached hydrogens (tertiary/aromatic N) is 3. The summed E-state index contributed by atoms with van der Waals surface area (Å²) in [4.78, 5) is 18.5. The van der Waals surface area contributed by atoms with E-state index in [9.17, 15) is 9.90 Å². The lowest BCUT2D eigenvalue weighted by Crippen LogP contribution is -2.53. The maximum Gasteiger partial charge on any atom is 0.317 e. The van der Waals surface area contributed by atoms with Crippen LogP contribution in [-0.4, -0.2) is 78.9 Å². The van der Waals surface area contributed by atoms with Crippen LogP contribution in [0.25, 0.3) is 0 Å². The molecule has 1 heterocycles. The number of urea groups is 1. The Morgan fingerprint density at radius 1 is 1.24 bits per heavy atom. The van der Waals surface area contributed by atoms with Gasteiger partial charge in [0, 0.05) is 51.5 Å². The van der Waals surface area contributed by atoms with Crippen LogP contribution in [0.2, 0.25) is 0 Å². The van der Waals surface area contributed by atoms with Crippen LogP contribution in [0.3, 0.4) is 0 Å². The number of nitrogens with one attached hydrogen (secondary N) is 1. The lowest BCUT2D eigenvalue weighted by molar-refractivity contribution is 0.0526. The highest BCUT2D eigenvalue weighted by atomic mass is 16.3. The van der Waals surface area contributed by atoms with Gasteiger partial charge in [0.05, 0.1) is 12.1 Å². The van der Waals surface area contributed by atoms with Crippen molar-refractivity contribution in [1.29, 1.82) is 0 Å². The second-order valence-corrected chi connectivity index (χ2v) is 7.64. The zero-order chi connectivity index (χ0) is 18.4. The van der Waals surface area contributed by atoms with Gasteiger partial charge in [0.15, 0.2) is 0 Å². The summed E-state index contributed by atoms with van der Waals surface area (Å²) < 4.78 is 0. The summed E-state index contributed by atoms with van der Waals surface area (Å²) in [5, 5.41) is 12.8. The summed E-state index contributed by atoms with van der Waals surface area (Å²) >= 11 is 0. The minimum atomic E-state index is -0.886. The average Bonchev–Trinajstić information content (AvgIpc) is 2.54. The Bertz CT molecular complexity index is 536. The number of carbonyl (C=O) groups is 1. The Morgan fingerprint density at radius 2 is 1.84 bits per heavy atom. The van der Waals surface area contributed by atoms with Gasteiger partial charge in [-0.05, 0) is 32.9 Å². The topological polar surface area (TPSA) is 59.0 Å². The van der Waals surface area contributed by atoms with E-state index in [0.717, 1.165) is 32.7 Å². The smallest absolute Gasteiger partial charge is 0.317 e. The molecule has 2 amide bonds. The van der Waals surface area contributed by atoms with Crippen molar-refractivity contribution in [2.45, 2.75) is 32.4 Å². The molecule has 0 aliphatic carbocycles. The van der Waals surface area contributed by atoms with Crippen LogP contribution in [0.4, 0.5) is 10.5 Å². The molecule has 1 aliphatic heterocycles. The lowest BCUT2D eigenvalue weighted by Gasteiger charge is -2.37. The van der Waals surface area contributed by atoms with Crippen LogP contribution in [0.5, 0.6) is 0 Å². The monoisotopic (exact) mass is 348 g/mol.